The SMILES string of the molecule is COc1ncc(-c2ccn3nc(NC(=O)NCCOc4ccccc4)cc3c2)cc1O. The van der Waals surface area contributed by atoms with Crippen molar-refractivity contribution in [2.24, 2.45) is 0 Å². The first-order valence-corrected chi connectivity index (χ1v) is 9.58. The molecule has 4 aromatic rings. The lowest BCUT2D eigenvalue weighted by molar-refractivity contribution is 0.247. The molecule has 158 valence electrons. The van der Waals surface area contributed by atoms with E-state index < -0.39 is 0 Å². The van der Waals surface area contributed by atoms with E-state index in [1.54, 1.807) is 29.0 Å². The van der Waals surface area contributed by atoms with Gasteiger partial charge in [-0.1, -0.05) is 18.2 Å². The lowest BCUT2D eigenvalue weighted by Crippen LogP contribution is -2.32. The number of amides is 2. The highest BCUT2D eigenvalue weighted by Crippen LogP contribution is 2.29. The molecule has 0 bridgehead atoms. The zero-order chi connectivity index (χ0) is 21.6. The molecule has 0 unspecified atom stereocenters. The number of anilines is 1. The van der Waals surface area contributed by atoms with Gasteiger partial charge in [-0.15, -0.1) is 5.10 Å². The van der Waals surface area contributed by atoms with Crippen LogP contribution in [0.4, 0.5) is 10.6 Å². The van der Waals surface area contributed by atoms with E-state index in [1.165, 1.54) is 7.11 Å². The lowest BCUT2D eigenvalue weighted by Gasteiger charge is -2.07. The van der Waals surface area contributed by atoms with Gasteiger partial charge in [0.2, 0.25) is 0 Å². The number of aromatic nitrogens is 3. The van der Waals surface area contributed by atoms with E-state index in [4.69, 9.17) is 9.47 Å². The zero-order valence-corrected chi connectivity index (χ0v) is 16.8. The van der Waals surface area contributed by atoms with E-state index in [0.717, 1.165) is 22.4 Å². The van der Waals surface area contributed by atoms with Crippen LogP contribution in [-0.4, -0.2) is 46.0 Å². The van der Waals surface area contributed by atoms with Crippen molar-refractivity contribution < 1.29 is 19.4 Å². The van der Waals surface area contributed by atoms with Gasteiger partial charge >= 0.3 is 6.03 Å². The van der Waals surface area contributed by atoms with Crippen LogP contribution in [0.25, 0.3) is 16.6 Å². The molecule has 0 aliphatic carbocycles. The number of urea groups is 1. The molecule has 9 heteroatoms. The van der Waals surface area contributed by atoms with Crippen molar-refractivity contribution in [2.75, 3.05) is 25.6 Å². The zero-order valence-electron chi connectivity index (χ0n) is 16.8. The minimum atomic E-state index is -0.371. The summed E-state index contributed by atoms with van der Waals surface area (Å²) < 4.78 is 12.2. The molecule has 9 nitrogen and oxygen atoms in total. The van der Waals surface area contributed by atoms with Crippen LogP contribution in [0, 0.1) is 0 Å². The highest BCUT2D eigenvalue weighted by atomic mass is 16.5. The number of nitrogens with one attached hydrogen (secondary N) is 2. The van der Waals surface area contributed by atoms with Crippen LogP contribution in [0.15, 0.2) is 67.0 Å². The highest BCUT2D eigenvalue weighted by Gasteiger charge is 2.09. The molecule has 3 heterocycles. The summed E-state index contributed by atoms with van der Waals surface area (Å²) in [6.07, 6.45) is 3.38. The summed E-state index contributed by atoms with van der Waals surface area (Å²) in [6, 6.07) is 16.1. The fraction of sp³-hybridized carbons (Fsp3) is 0.136. The van der Waals surface area contributed by atoms with E-state index in [2.05, 4.69) is 20.7 Å². The number of carbonyl (C=O) groups excluding carboxylic acids is 1. The van der Waals surface area contributed by atoms with Crippen LogP contribution >= 0.6 is 0 Å². The molecule has 3 aromatic heterocycles. The molecule has 0 aliphatic heterocycles. The molecule has 0 aliphatic rings. The van der Waals surface area contributed by atoms with Crippen LogP contribution in [0.1, 0.15) is 0 Å². The third-order valence-electron chi connectivity index (χ3n) is 4.46. The number of nitrogens with zero attached hydrogens (tertiary/aromatic N) is 3. The fourth-order valence-electron chi connectivity index (χ4n) is 3.00. The van der Waals surface area contributed by atoms with Crippen molar-refractivity contribution in [3.63, 3.8) is 0 Å². The van der Waals surface area contributed by atoms with Gasteiger partial charge in [-0.05, 0) is 35.9 Å². The second kappa shape index (κ2) is 9.04. The number of hydrogen-bond donors (Lipinski definition) is 3. The number of aromatic hydroxyl groups is 1. The topological polar surface area (TPSA) is 110 Å². The third-order valence-corrected chi connectivity index (χ3v) is 4.46. The highest BCUT2D eigenvalue weighted by molar-refractivity contribution is 5.89. The summed E-state index contributed by atoms with van der Waals surface area (Å²) >= 11 is 0. The van der Waals surface area contributed by atoms with Crippen molar-refractivity contribution >= 4 is 17.4 Å². The summed E-state index contributed by atoms with van der Waals surface area (Å²) in [5.74, 6) is 1.29. The van der Waals surface area contributed by atoms with Crippen LogP contribution < -0.4 is 20.1 Å². The van der Waals surface area contributed by atoms with Gasteiger partial charge in [0.1, 0.15) is 12.4 Å². The van der Waals surface area contributed by atoms with Gasteiger partial charge in [0.15, 0.2) is 11.6 Å². The largest absolute Gasteiger partial charge is 0.503 e. The average molecular weight is 419 g/mol. The molecular formula is C22H21N5O4. The van der Waals surface area contributed by atoms with E-state index in [1.807, 2.05) is 42.5 Å². The van der Waals surface area contributed by atoms with Crippen LogP contribution in [0.5, 0.6) is 17.4 Å². The standard InChI is InChI=1S/C22H21N5O4/c1-30-21-19(28)12-16(14-24-21)15-7-9-27-17(11-15)13-20(26-27)25-22(29)23-8-10-31-18-5-3-2-4-6-18/h2-7,9,11-14,28H,8,10H2,1H3,(H2,23,25,26,29). The number of rotatable bonds is 7. The predicted molar refractivity (Wildman–Crippen MR) is 116 cm³/mol. The van der Waals surface area contributed by atoms with E-state index >= 15 is 0 Å². The van der Waals surface area contributed by atoms with Crippen molar-refractivity contribution in [2.45, 2.75) is 0 Å². The Balaban J connectivity index is 1.36. The van der Waals surface area contributed by atoms with Gasteiger partial charge in [0.05, 0.1) is 19.2 Å². The van der Waals surface area contributed by atoms with Crippen LogP contribution in [0.2, 0.25) is 0 Å². The molecule has 3 N–H and O–H groups in total. The summed E-state index contributed by atoms with van der Waals surface area (Å²) in [4.78, 5) is 16.2. The molecule has 31 heavy (non-hydrogen) atoms. The van der Waals surface area contributed by atoms with Crippen molar-refractivity contribution in [1.29, 1.82) is 0 Å². The summed E-state index contributed by atoms with van der Waals surface area (Å²) in [6.45, 7) is 0.709. The Bertz CT molecular complexity index is 1190. The fourth-order valence-corrected chi connectivity index (χ4v) is 3.00. The maximum absolute atomic E-state index is 12.1. The van der Waals surface area contributed by atoms with Crippen molar-refractivity contribution in [3.8, 4) is 28.5 Å². The average Bonchev–Trinajstić information content (AvgIpc) is 3.18. The summed E-state index contributed by atoms with van der Waals surface area (Å²) in [5, 5.41) is 19.7. The smallest absolute Gasteiger partial charge is 0.320 e. The maximum Gasteiger partial charge on any atom is 0.320 e. The molecular weight excluding hydrogens is 398 g/mol. The Labute approximate surface area is 178 Å². The number of ether oxygens (including phenoxy) is 2. The molecule has 0 fully saturated rings. The molecule has 4 rings (SSSR count). The van der Waals surface area contributed by atoms with E-state index in [-0.39, 0.29) is 17.7 Å². The number of benzene rings is 1. The molecule has 2 amide bonds. The van der Waals surface area contributed by atoms with Gasteiger partial charge in [0.25, 0.3) is 5.88 Å². The molecule has 0 atom stereocenters. The molecule has 1 aromatic carbocycles. The summed E-state index contributed by atoms with van der Waals surface area (Å²) in [5.41, 5.74) is 2.34. The number of fused-ring (bicyclic) bond motifs is 1. The second-order valence-electron chi connectivity index (χ2n) is 6.61. The molecule has 0 radical (unpaired) electrons. The van der Waals surface area contributed by atoms with Crippen LogP contribution in [0.3, 0.4) is 0 Å². The lowest BCUT2D eigenvalue weighted by atomic mass is 10.1. The van der Waals surface area contributed by atoms with E-state index in [9.17, 15) is 9.90 Å². The first-order valence-electron chi connectivity index (χ1n) is 9.58. The predicted octanol–water partition coefficient (Wildman–Crippen LogP) is 3.31. The first-order chi connectivity index (χ1) is 15.1. The van der Waals surface area contributed by atoms with Gasteiger partial charge in [-0.2, -0.15) is 0 Å². The second-order valence-corrected chi connectivity index (χ2v) is 6.61. The monoisotopic (exact) mass is 419 g/mol. The number of carbonyl (C=O) groups is 1. The Morgan fingerprint density at radius 1 is 1.13 bits per heavy atom. The third kappa shape index (κ3) is 4.84. The Kier molecular flexibility index (Phi) is 5.84. The number of hydrogen-bond acceptors (Lipinski definition) is 6. The Morgan fingerprint density at radius 3 is 2.74 bits per heavy atom. The van der Waals surface area contributed by atoms with Crippen molar-refractivity contribution in [1.82, 2.24) is 19.9 Å². The minimum Gasteiger partial charge on any atom is -0.503 e. The Morgan fingerprint density at radius 2 is 1.97 bits per heavy atom. The summed E-state index contributed by atoms with van der Waals surface area (Å²) in [7, 11) is 1.45. The van der Waals surface area contributed by atoms with E-state index in [0.29, 0.717) is 19.0 Å². The maximum atomic E-state index is 12.1. The van der Waals surface area contributed by atoms with Gasteiger partial charge in [-0.25, -0.2) is 14.3 Å². The molecule has 0 saturated carbocycles. The first kappa shape index (κ1) is 20.0. The number of methoxy groups -OCH3 is 1. The molecule has 0 saturated heterocycles. The Hall–Kier alpha value is -4.27. The number of pyridine rings is 2. The van der Waals surface area contributed by atoms with Gasteiger partial charge in [-0.3, -0.25) is 5.32 Å². The van der Waals surface area contributed by atoms with Gasteiger partial charge in [0, 0.05) is 24.0 Å². The minimum absolute atomic E-state index is 0.0383. The molecule has 0 spiro atoms. The van der Waals surface area contributed by atoms with Crippen molar-refractivity contribution in [3.05, 3.63) is 67.0 Å². The normalized spacial score (nSPS) is 10.6. The quantitative estimate of drug-likeness (QED) is 0.397. The van der Waals surface area contributed by atoms with Crippen LogP contribution in [-0.2, 0) is 0 Å². The number of para-hydroxylation sites is 1. The van der Waals surface area contributed by atoms with Gasteiger partial charge < -0.3 is 19.9 Å².